The fourth-order valence-corrected chi connectivity index (χ4v) is 2.20. The van der Waals surface area contributed by atoms with E-state index in [0.29, 0.717) is 11.5 Å². The lowest BCUT2D eigenvalue weighted by Gasteiger charge is -2.28. The van der Waals surface area contributed by atoms with E-state index in [1.165, 1.54) is 25.7 Å². The molecule has 1 saturated carbocycles. The van der Waals surface area contributed by atoms with Crippen LogP contribution in [0.15, 0.2) is 0 Å². The molecule has 1 aliphatic carbocycles. The van der Waals surface area contributed by atoms with Crippen molar-refractivity contribution in [1.82, 2.24) is 0 Å². The molecule has 2 bridgehead atoms. The van der Waals surface area contributed by atoms with Crippen molar-refractivity contribution in [2.75, 3.05) is 13.2 Å². The van der Waals surface area contributed by atoms with Crippen LogP contribution in [0.5, 0.6) is 0 Å². The maximum atomic E-state index is 5.70. The van der Waals surface area contributed by atoms with Crippen molar-refractivity contribution >= 4 is 0 Å². The van der Waals surface area contributed by atoms with Gasteiger partial charge in [0, 0.05) is 12.0 Å². The second-order valence-corrected chi connectivity index (χ2v) is 3.73. The Labute approximate surface area is 61.7 Å². The van der Waals surface area contributed by atoms with Crippen molar-refractivity contribution in [3.8, 4) is 0 Å². The molecule has 2 heteroatoms. The van der Waals surface area contributed by atoms with E-state index < -0.39 is 0 Å². The maximum Gasteiger partial charge on any atom is 0.0582 e. The van der Waals surface area contributed by atoms with Gasteiger partial charge in [0.1, 0.15) is 0 Å². The molecule has 1 heterocycles. The molecule has 1 saturated heterocycles. The summed E-state index contributed by atoms with van der Waals surface area (Å²) in [4.78, 5) is 0. The molecule has 2 unspecified atom stereocenters. The van der Waals surface area contributed by atoms with Crippen LogP contribution in [0.4, 0.5) is 0 Å². The van der Waals surface area contributed by atoms with Gasteiger partial charge in [-0.3, -0.25) is 0 Å². The summed E-state index contributed by atoms with van der Waals surface area (Å²) in [6.07, 6.45) is 5.66. The molecular formula is C8H15NO. The Morgan fingerprint density at radius 1 is 1.60 bits per heavy atom. The van der Waals surface area contributed by atoms with Gasteiger partial charge in [-0.25, -0.2) is 0 Å². The Kier molecular flexibility index (Phi) is 1.46. The van der Waals surface area contributed by atoms with E-state index in [4.69, 9.17) is 10.5 Å². The maximum absolute atomic E-state index is 5.70. The topological polar surface area (TPSA) is 35.2 Å². The zero-order chi connectivity index (χ0) is 7.03. The molecule has 58 valence electrons. The van der Waals surface area contributed by atoms with Gasteiger partial charge in [0.15, 0.2) is 0 Å². The summed E-state index contributed by atoms with van der Waals surface area (Å²) in [7, 11) is 0. The van der Waals surface area contributed by atoms with Crippen molar-refractivity contribution in [2.45, 2.75) is 31.8 Å². The Hall–Kier alpha value is -0.0800. The molecule has 0 aromatic heterocycles. The lowest BCUT2D eigenvalue weighted by Crippen LogP contribution is -2.33. The summed E-state index contributed by atoms with van der Waals surface area (Å²) in [5.74, 6) is 0. The minimum atomic E-state index is 0.392. The van der Waals surface area contributed by atoms with Crippen molar-refractivity contribution in [1.29, 1.82) is 0 Å². The van der Waals surface area contributed by atoms with Crippen molar-refractivity contribution in [2.24, 2.45) is 11.1 Å². The zero-order valence-corrected chi connectivity index (χ0v) is 6.31. The number of fused-ring (bicyclic) bond motifs is 2. The smallest absolute Gasteiger partial charge is 0.0582 e. The van der Waals surface area contributed by atoms with Gasteiger partial charge >= 0.3 is 0 Å². The average Bonchev–Trinajstić information content (AvgIpc) is 2.29. The fourth-order valence-electron chi connectivity index (χ4n) is 2.20. The third-order valence-electron chi connectivity index (χ3n) is 2.95. The molecule has 2 N–H and O–H groups in total. The molecule has 0 aromatic rings. The molecule has 2 atom stereocenters. The van der Waals surface area contributed by atoms with Crippen LogP contribution in [0.1, 0.15) is 25.7 Å². The molecule has 2 aliphatic rings. The summed E-state index contributed by atoms with van der Waals surface area (Å²) in [5.41, 5.74) is 6.09. The number of hydrogen-bond donors (Lipinski definition) is 1. The van der Waals surface area contributed by atoms with Crippen molar-refractivity contribution in [3.05, 3.63) is 0 Å². The van der Waals surface area contributed by atoms with Crippen LogP contribution >= 0.6 is 0 Å². The van der Waals surface area contributed by atoms with E-state index in [-0.39, 0.29) is 0 Å². The Bertz CT molecular complexity index is 133. The highest BCUT2D eigenvalue weighted by Crippen LogP contribution is 2.42. The number of nitrogens with two attached hydrogens (primary N) is 1. The molecule has 2 rings (SSSR count). The minimum Gasteiger partial charge on any atom is -0.378 e. The molecule has 0 radical (unpaired) electrons. The summed E-state index contributed by atoms with van der Waals surface area (Å²) in [6, 6.07) is 0. The molecule has 10 heavy (non-hydrogen) atoms. The summed E-state index contributed by atoms with van der Waals surface area (Å²) >= 11 is 0. The summed E-state index contributed by atoms with van der Waals surface area (Å²) in [6.45, 7) is 1.75. The highest BCUT2D eigenvalue weighted by molar-refractivity contribution is 4.92. The van der Waals surface area contributed by atoms with Crippen molar-refractivity contribution < 1.29 is 4.74 Å². The predicted molar refractivity (Wildman–Crippen MR) is 39.7 cm³/mol. The van der Waals surface area contributed by atoms with Crippen LogP contribution in [0.25, 0.3) is 0 Å². The van der Waals surface area contributed by atoms with Crippen LogP contribution in [-0.4, -0.2) is 19.3 Å². The molecule has 2 fully saturated rings. The van der Waals surface area contributed by atoms with E-state index in [1.807, 2.05) is 0 Å². The summed E-state index contributed by atoms with van der Waals surface area (Å²) in [5, 5.41) is 0. The highest BCUT2D eigenvalue weighted by Gasteiger charge is 2.41. The fraction of sp³-hybridized carbons (Fsp3) is 1.00. The van der Waals surface area contributed by atoms with Gasteiger partial charge in [-0.15, -0.1) is 0 Å². The van der Waals surface area contributed by atoms with Crippen LogP contribution in [0, 0.1) is 5.41 Å². The third-order valence-corrected chi connectivity index (χ3v) is 2.95. The lowest BCUT2D eigenvalue weighted by molar-refractivity contribution is 0.104. The predicted octanol–water partition coefficient (Wildman–Crippen LogP) is 0.904. The Morgan fingerprint density at radius 3 is 3.20 bits per heavy atom. The molecule has 1 aliphatic heterocycles. The van der Waals surface area contributed by atoms with Crippen LogP contribution in [0.3, 0.4) is 0 Å². The highest BCUT2D eigenvalue weighted by atomic mass is 16.5. The second kappa shape index (κ2) is 2.21. The van der Waals surface area contributed by atoms with E-state index in [1.54, 1.807) is 0 Å². The minimum absolute atomic E-state index is 0.392. The van der Waals surface area contributed by atoms with Crippen LogP contribution < -0.4 is 5.73 Å². The van der Waals surface area contributed by atoms with Gasteiger partial charge in [0.25, 0.3) is 0 Å². The molecule has 2 nitrogen and oxygen atoms in total. The van der Waals surface area contributed by atoms with Gasteiger partial charge in [0.05, 0.1) is 12.7 Å². The number of ether oxygens (including phenoxy) is 1. The summed E-state index contributed by atoms with van der Waals surface area (Å²) < 4.78 is 5.59. The molecule has 0 amide bonds. The monoisotopic (exact) mass is 141 g/mol. The average molecular weight is 141 g/mol. The second-order valence-electron chi connectivity index (χ2n) is 3.73. The number of rotatable bonds is 1. The first-order chi connectivity index (χ1) is 4.85. The van der Waals surface area contributed by atoms with E-state index in [2.05, 4.69) is 0 Å². The van der Waals surface area contributed by atoms with Crippen LogP contribution in [-0.2, 0) is 4.74 Å². The molecular weight excluding hydrogens is 126 g/mol. The van der Waals surface area contributed by atoms with Gasteiger partial charge in [-0.05, 0) is 19.3 Å². The molecule has 0 spiro atoms. The SMILES string of the molecule is NCC12CCCC(C1)OC2. The largest absolute Gasteiger partial charge is 0.378 e. The normalized spacial score (nSPS) is 45.9. The standard InChI is InChI=1S/C8H15NO/c9-5-8-3-1-2-7(4-8)10-6-8/h7H,1-6,9H2. The zero-order valence-electron chi connectivity index (χ0n) is 6.31. The first-order valence-electron chi connectivity index (χ1n) is 4.16. The van der Waals surface area contributed by atoms with E-state index >= 15 is 0 Å². The van der Waals surface area contributed by atoms with Crippen LogP contribution in [0.2, 0.25) is 0 Å². The van der Waals surface area contributed by atoms with E-state index in [9.17, 15) is 0 Å². The first kappa shape index (κ1) is 6.62. The van der Waals surface area contributed by atoms with Gasteiger partial charge in [-0.2, -0.15) is 0 Å². The van der Waals surface area contributed by atoms with Gasteiger partial charge < -0.3 is 10.5 Å². The molecule has 0 aromatic carbocycles. The quantitative estimate of drug-likeness (QED) is 0.589. The first-order valence-corrected chi connectivity index (χ1v) is 4.16. The Balaban J connectivity index is 2.10. The van der Waals surface area contributed by atoms with Crippen molar-refractivity contribution in [3.63, 3.8) is 0 Å². The Morgan fingerprint density at radius 2 is 2.50 bits per heavy atom. The lowest BCUT2D eigenvalue weighted by atomic mass is 9.76. The third kappa shape index (κ3) is 0.867. The van der Waals surface area contributed by atoms with Gasteiger partial charge in [-0.1, -0.05) is 6.42 Å². The van der Waals surface area contributed by atoms with Gasteiger partial charge in [0.2, 0.25) is 0 Å². The number of hydrogen-bond acceptors (Lipinski definition) is 2. The van der Waals surface area contributed by atoms with E-state index in [0.717, 1.165) is 13.2 Å².